The Morgan fingerprint density at radius 3 is 2.68 bits per heavy atom. The highest BCUT2D eigenvalue weighted by Gasteiger charge is 2.15. The van der Waals surface area contributed by atoms with Crippen LogP contribution in [-0.2, 0) is 11.3 Å². The fourth-order valence-corrected chi connectivity index (χ4v) is 3.99. The first kappa shape index (κ1) is 18.9. The average molecular weight is 520 g/mol. The summed E-state index contributed by atoms with van der Waals surface area (Å²) in [6, 6.07) is 15.4. The van der Waals surface area contributed by atoms with E-state index in [0.717, 1.165) is 25.8 Å². The Morgan fingerprint density at radius 2 is 1.89 bits per heavy atom. The van der Waals surface area contributed by atoms with Crippen LogP contribution in [0.25, 0.3) is 22.6 Å². The quantitative estimate of drug-likeness (QED) is 0.415. The van der Waals surface area contributed by atoms with Crippen molar-refractivity contribution in [2.45, 2.75) is 6.54 Å². The summed E-state index contributed by atoms with van der Waals surface area (Å²) in [5.74, 6) is 0.259. The number of nitrogens with one attached hydrogen (secondary N) is 1. The lowest BCUT2D eigenvalue weighted by Gasteiger charge is -2.06. The Labute approximate surface area is 181 Å². The van der Waals surface area contributed by atoms with E-state index >= 15 is 0 Å². The van der Waals surface area contributed by atoms with Crippen LogP contribution in [0.4, 0.5) is 5.13 Å². The molecule has 0 atom stereocenters. The first-order valence-corrected chi connectivity index (χ1v) is 10.6. The van der Waals surface area contributed by atoms with Crippen LogP contribution >= 0.6 is 43.2 Å². The molecule has 0 saturated carbocycles. The molecular formula is C18H12Br2N6OS. The second-order valence-corrected chi connectivity index (χ2v) is 8.36. The maximum Gasteiger partial charge on any atom is 0.248 e. The molecule has 140 valence electrons. The number of anilines is 1. The first-order chi connectivity index (χ1) is 13.6. The van der Waals surface area contributed by atoms with E-state index < -0.39 is 0 Å². The van der Waals surface area contributed by atoms with Crippen molar-refractivity contribution in [3.8, 4) is 22.6 Å². The van der Waals surface area contributed by atoms with Gasteiger partial charge in [-0.1, -0.05) is 56.1 Å². The molecule has 1 amide bonds. The normalized spacial score (nSPS) is 10.8. The highest BCUT2D eigenvalue weighted by molar-refractivity contribution is 9.10. The van der Waals surface area contributed by atoms with Gasteiger partial charge in [-0.25, -0.2) is 9.67 Å². The van der Waals surface area contributed by atoms with E-state index in [9.17, 15) is 4.79 Å². The summed E-state index contributed by atoms with van der Waals surface area (Å²) in [7, 11) is 0. The molecule has 1 N–H and O–H groups in total. The molecule has 4 aromatic rings. The number of halogens is 2. The highest BCUT2D eigenvalue weighted by atomic mass is 79.9. The van der Waals surface area contributed by atoms with E-state index in [-0.39, 0.29) is 12.5 Å². The molecule has 0 saturated heterocycles. The average Bonchev–Trinajstić information content (AvgIpc) is 3.32. The van der Waals surface area contributed by atoms with E-state index in [1.54, 1.807) is 0 Å². The van der Waals surface area contributed by atoms with E-state index in [2.05, 4.69) is 57.7 Å². The lowest BCUT2D eigenvalue weighted by Crippen LogP contribution is -2.20. The number of thiazole rings is 1. The van der Waals surface area contributed by atoms with E-state index in [0.29, 0.717) is 11.0 Å². The van der Waals surface area contributed by atoms with E-state index in [1.165, 1.54) is 16.0 Å². The molecule has 0 bridgehead atoms. The lowest BCUT2D eigenvalue weighted by atomic mass is 10.2. The minimum absolute atomic E-state index is 0.0170. The summed E-state index contributed by atoms with van der Waals surface area (Å²) in [5, 5.41) is 16.9. The zero-order chi connectivity index (χ0) is 19.5. The number of amides is 1. The van der Waals surface area contributed by atoms with Crippen molar-refractivity contribution in [1.82, 2.24) is 25.2 Å². The number of rotatable bonds is 5. The van der Waals surface area contributed by atoms with Gasteiger partial charge in [-0.2, -0.15) is 0 Å². The van der Waals surface area contributed by atoms with Gasteiger partial charge in [0.2, 0.25) is 5.91 Å². The summed E-state index contributed by atoms with van der Waals surface area (Å²) in [5.41, 5.74) is 2.60. The van der Waals surface area contributed by atoms with Crippen LogP contribution in [0, 0.1) is 0 Å². The molecule has 0 radical (unpaired) electrons. The Kier molecular flexibility index (Phi) is 5.60. The third kappa shape index (κ3) is 4.18. The third-order valence-corrected chi connectivity index (χ3v) is 5.81. The number of hydrogen-bond donors (Lipinski definition) is 1. The van der Waals surface area contributed by atoms with Crippen LogP contribution in [0.3, 0.4) is 0 Å². The Bertz CT molecular complexity index is 1130. The molecule has 0 aliphatic rings. The number of carbonyl (C=O) groups excluding carboxylic acids is 1. The number of nitrogens with zero attached hydrogens (tertiary/aromatic N) is 5. The van der Waals surface area contributed by atoms with Crippen molar-refractivity contribution in [2.24, 2.45) is 0 Å². The monoisotopic (exact) mass is 518 g/mol. The van der Waals surface area contributed by atoms with Gasteiger partial charge >= 0.3 is 0 Å². The lowest BCUT2D eigenvalue weighted by molar-refractivity contribution is -0.116. The molecule has 0 unspecified atom stereocenters. The van der Waals surface area contributed by atoms with Gasteiger partial charge in [-0.15, -0.1) is 16.4 Å². The predicted molar refractivity (Wildman–Crippen MR) is 115 cm³/mol. The maximum absolute atomic E-state index is 12.5. The van der Waals surface area contributed by atoms with Crippen molar-refractivity contribution >= 4 is 54.2 Å². The molecule has 4 rings (SSSR count). The van der Waals surface area contributed by atoms with Gasteiger partial charge in [-0.3, -0.25) is 4.79 Å². The van der Waals surface area contributed by atoms with Gasteiger partial charge in [0.1, 0.15) is 6.54 Å². The smallest absolute Gasteiger partial charge is 0.248 e. The van der Waals surface area contributed by atoms with Crippen molar-refractivity contribution in [2.75, 3.05) is 5.32 Å². The van der Waals surface area contributed by atoms with E-state index in [4.69, 9.17) is 0 Å². The number of aromatic nitrogens is 5. The second kappa shape index (κ2) is 8.29. The van der Waals surface area contributed by atoms with Crippen LogP contribution in [0.1, 0.15) is 0 Å². The molecule has 0 aliphatic heterocycles. The summed E-state index contributed by atoms with van der Waals surface area (Å²) in [4.78, 5) is 16.9. The summed E-state index contributed by atoms with van der Waals surface area (Å²) in [6.45, 7) is -0.0170. The largest absolute Gasteiger partial charge is 0.300 e. The van der Waals surface area contributed by atoms with Gasteiger partial charge < -0.3 is 5.32 Å². The minimum atomic E-state index is -0.252. The van der Waals surface area contributed by atoms with Crippen LogP contribution in [0.2, 0.25) is 0 Å². The summed E-state index contributed by atoms with van der Waals surface area (Å²) in [6.07, 6.45) is 0. The molecule has 10 heteroatoms. The predicted octanol–water partition coefficient (Wildman–Crippen LogP) is 4.63. The molecule has 0 aliphatic carbocycles. The van der Waals surface area contributed by atoms with Gasteiger partial charge in [0.05, 0.1) is 5.69 Å². The van der Waals surface area contributed by atoms with Crippen LogP contribution < -0.4 is 5.32 Å². The number of hydrogen-bond acceptors (Lipinski definition) is 6. The van der Waals surface area contributed by atoms with Gasteiger partial charge in [0.25, 0.3) is 0 Å². The van der Waals surface area contributed by atoms with Gasteiger partial charge in [0.15, 0.2) is 11.0 Å². The van der Waals surface area contributed by atoms with Gasteiger partial charge in [0, 0.05) is 25.5 Å². The van der Waals surface area contributed by atoms with Gasteiger partial charge in [-0.05, 0) is 34.7 Å². The van der Waals surface area contributed by atoms with Crippen LogP contribution in [-0.4, -0.2) is 31.1 Å². The standard InChI is InChI=1S/C18H12Br2N6OS/c19-12-7-5-11(6-8-12)15-10-28-18(21-15)22-16(27)9-26-17(23-24-25-26)13-3-1-2-4-14(13)20/h1-8,10H,9H2,(H,21,22,27). The van der Waals surface area contributed by atoms with Crippen LogP contribution in [0.5, 0.6) is 0 Å². The van der Waals surface area contributed by atoms with Crippen molar-refractivity contribution in [3.05, 3.63) is 62.9 Å². The molecule has 7 nitrogen and oxygen atoms in total. The second-order valence-electron chi connectivity index (χ2n) is 5.73. The summed E-state index contributed by atoms with van der Waals surface area (Å²) >= 11 is 8.26. The molecule has 2 aromatic carbocycles. The Balaban J connectivity index is 1.47. The maximum atomic E-state index is 12.5. The molecular weight excluding hydrogens is 508 g/mol. The summed E-state index contributed by atoms with van der Waals surface area (Å²) < 4.78 is 3.31. The van der Waals surface area contributed by atoms with Crippen molar-refractivity contribution in [1.29, 1.82) is 0 Å². The fourth-order valence-electron chi connectivity index (χ4n) is 2.53. The molecule has 2 aromatic heterocycles. The highest BCUT2D eigenvalue weighted by Crippen LogP contribution is 2.27. The zero-order valence-electron chi connectivity index (χ0n) is 14.2. The first-order valence-electron chi connectivity index (χ1n) is 8.12. The number of tetrazole rings is 1. The topological polar surface area (TPSA) is 85.6 Å². The number of benzene rings is 2. The fraction of sp³-hybridized carbons (Fsp3) is 0.0556. The van der Waals surface area contributed by atoms with Crippen LogP contribution in [0.15, 0.2) is 62.9 Å². The number of carbonyl (C=O) groups is 1. The molecule has 2 heterocycles. The van der Waals surface area contributed by atoms with Crippen molar-refractivity contribution in [3.63, 3.8) is 0 Å². The third-order valence-electron chi connectivity index (χ3n) is 3.83. The molecule has 0 fully saturated rings. The van der Waals surface area contributed by atoms with Crippen molar-refractivity contribution < 1.29 is 4.79 Å². The molecule has 28 heavy (non-hydrogen) atoms. The SMILES string of the molecule is O=C(Cn1nnnc1-c1ccccc1Br)Nc1nc(-c2ccc(Br)cc2)cs1. The molecule has 0 spiro atoms. The minimum Gasteiger partial charge on any atom is -0.300 e. The zero-order valence-corrected chi connectivity index (χ0v) is 18.2. The van der Waals surface area contributed by atoms with E-state index in [1.807, 2.05) is 53.9 Å². The Morgan fingerprint density at radius 1 is 1.11 bits per heavy atom. The Hall–Kier alpha value is -2.43.